The summed E-state index contributed by atoms with van der Waals surface area (Å²) in [6.07, 6.45) is -9.21. The van der Waals surface area contributed by atoms with E-state index < -0.39 is 35.5 Å². The van der Waals surface area contributed by atoms with Crippen molar-refractivity contribution < 1.29 is 31.1 Å². The first-order chi connectivity index (χ1) is 8.99. The quantitative estimate of drug-likeness (QED) is 0.793. The third kappa shape index (κ3) is 5.16. The maximum absolute atomic E-state index is 12.3. The van der Waals surface area contributed by atoms with E-state index in [0.717, 1.165) is 6.07 Å². The Morgan fingerprint density at radius 2 is 1.75 bits per heavy atom. The van der Waals surface area contributed by atoms with Crippen molar-refractivity contribution in [2.75, 3.05) is 11.9 Å². The number of carbonyl (C=O) groups is 1. The fourth-order valence-corrected chi connectivity index (χ4v) is 1.37. The molecule has 1 aromatic rings. The van der Waals surface area contributed by atoms with Gasteiger partial charge in [-0.15, -0.1) is 0 Å². The van der Waals surface area contributed by atoms with Crippen LogP contribution in [-0.2, 0) is 6.18 Å². The highest BCUT2D eigenvalue weighted by molar-refractivity contribution is 6.33. The number of amides is 2. The molecule has 0 saturated heterocycles. The Kier molecular flexibility index (Phi) is 4.74. The maximum atomic E-state index is 12.3. The van der Waals surface area contributed by atoms with Crippen LogP contribution in [0.5, 0.6) is 0 Å². The van der Waals surface area contributed by atoms with Crippen molar-refractivity contribution in [3.8, 4) is 0 Å². The van der Waals surface area contributed by atoms with E-state index >= 15 is 0 Å². The van der Waals surface area contributed by atoms with Crippen LogP contribution >= 0.6 is 11.6 Å². The molecule has 0 aliphatic rings. The van der Waals surface area contributed by atoms with Gasteiger partial charge in [0, 0.05) is 0 Å². The molecule has 20 heavy (non-hydrogen) atoms. The van der Waals surface area contributed by atoms with Crippen molar-refractivity contribution in [2.24, 2.45) is 0 Å². The number of nitrogens with one attached hydrogen (secondary N) is 2. The molecule has 0 aromatic heterocycles. The van der Waals surface area contributed by atoms with Crippen molar-refractivity contribution in [3.05, 3.63) is 28.8 Å². The van der Waals surface area contributed by atoms with E-state index in [2.05, 4.69) is 0 Å². The number of urea groups is 1. The highest BCUT2D eigenvalue weighted by Gasteiger charge is 2.31. The van der Waals surface area contributed by atoms with Crippen molar-refractivity contribution in [1.82, 2.24) is 5.32 Å². The number of hydrogen-bond acceptors (Lipinski definition) is 1. The Bertz CT molecular complexity index is 500. The minimum atomic E-state index is -4.61. The van der Waals surface area contributed by atoms with E-state index in [-0.39, 0.29) is 5.69 Å². The van der Waals surface area contributed by atoms with E-state index in [4.69, 9.17) is 11.6 Å². The topological polar surface area (TPSA) is 41.1 Å². The van der Waals surface area contributed by atoms with Crippen molar-refractivity contribution in [1.29, 1.82) is 0 Å². The summed E-state index contributed by atoms with van der Waals surface area (Å²) in [4.78, 5) is 11.1. The molecule has 10 heteroatoms. The second-order valence-corrected chi connectivity index (χ2v) is 4.02. The zero-order valence-corrected chi connectivity index (χ0v) is 10.2. The van der Waals surface area contributed by atoms with Gasteiger partial charge in [0.25, 0.3) is 0 Å². The molecule has 1 aromatic carbocycles. The molecule has 2 amide bonds. The summed E-state index contributed by atoms with van der Waals surface area (Å²) in [5.74, 6) is 0. The van der Waals surface area contributed by atoms with E-state index in [9.17, 15) is 31.1 Å². The smallest absolute Gasteiger partial charge is 0.329 e. The van der Waals surface area contributed by atoms with Crippen molar-refractivity contribution in [2.45, 2.75) is 12.4 Å². The molecule has 2 N–H and O–H groups in total. The number of alkyl halides is 6. The minimum Gasteiger partial charge on any atom is -0.329 e. The molecular weight excluding hydrogens is 314 g/mol. The average molecular weight is 321 g/mol. The van der Waals surface area contributed by atoms with E-state index in [1.807, 2.05) is 5.32 Å². The predicted octanol–water partition coefficient (Wildman–Crippen LogP) is 4.04. The highest BCUT2D eigenvalue weighted by atomic mass is 35.5. The van der Waals surface area contributed by atoms with Gasteiger partial charge in [0.05, 0.1) is 16.3 Å². The van der Waals surface area contributed by atoms with Crippen LogP contribution in [0.4, 0.5) is 36.8 Å². The molecule has 0 saturated carbocycles. The first-order valence-electron chi connectivity index (χ1n) is 4.97. The van der Waals surface area contributed by atoms with Crippen LogP contribution in [0.2, 0.25) is 5.02 Å². The van der Waals surface area contributed by atoms with Gasteiger partial charge >= 0.3 is 18.4 Å². The fourth-order valence-electron chi connectivity index (χ4n) is 1.14. The molecular formula is C10H7ClF6N2O. The third-order valence-electron chi connectivity index (χ3n) is 1.99. The third-order valence-corrected chi connectivity index (χ3v) is 2.31. The van der Waals surface area contributed by atoms with E-state index in [1.54, 1.807) is 0 Å². The SMILES string of the molecule is O=C(NCC(F)(F)F)Nc1ccc(C(F)(F)F)cc1Cl. The van der Waals surface area contributed by atoms with Crippen LogP contribution in [-0.4, -0.2) is 18.8 Å². The molecule has 0 atom stereocenters. The Labute approximate surface area is 113 Å². The molecule has 0 aliphatic carbocycles. The predicted molar refractivity (Wildman–Crippen MR) is 59.5 cm³/mol. The summed E-state index contributed by atoms with van der Waals surface area (Å²) in [5, 5.41) is 2.96. The summed E-state index contributed by atoms with van der Waals surface area (Å²) in [6, 6.07) is 0.814. The molecule has 0 aliphatic heterocycles. The second-order valence-electron chi connectivity index (χ2n) is 3.62. The van der Waals surface area contributed by atoms with Crippen LogP contribution < -0.4 is 10.6 Å². The Morgan fingerprint density at radius 3 is 2.20 bits per heavy atom. The molecule has 3 nitrogen and oxygen atoms in total. The van der Waals surface area contributed by atoms with Gasteiger partial charge in [-0.05, 0) is 18.2 Å². The first-order valence-corrected chi connectivity index (χ1v) is 5.35. The molecule has 0 spiro atoms. The van der Waals surface area contributed by atoms with Gasteiger partial charge in [-0.3, -0.25) is 0 Å². The minimum absolute atomic E-state index is 0.237. The average Bonchev–Trinajstić information content (AvgIpc) is 2.27. The zero-order valence-electron chi connectivity index (χ0n) is 9.49. The number of hydrogen-bond donors (Lipinski definition) is 2. The standard InChI is InChI=1S/C10H7ClF6N2O/c11-6-3-5(10(15,16)17)1-2-7(6)19-8(20)18-4-9(12,13)14/h1-3H,4H2,(H2,18,19,20). The van der Waals surface area contributed by atoms with Crippen LogP contribution in [0.15, 0.2) is 18.2 Å². The fraction of sp³-hybridized carbons (Fsp3) is 0.300. The molecule has 1 rings (SSSR count). The van der Waals surface area contributed by atoms with Gasteiger partial charge in [0.2, 0.25) is 0 Å². The maximum Gasteiger partial charge on any atom is 0.416 e. The van der Waals surface area contributed by atoms with Gasteiger partial charge in [0.15, 0.2) is 0 Å². The van der Waals surface area contributed by atoms with Gasteiger partial charge in [-0.2, -0.15) is 26.3 Å². The molecule has 0 heterocycles. The first kappa shape index (κ1) is 16.4. The number of carbonyl (C=O) groups excluding carboxylic acids is 1. The lowest BCUT2D eigenvalue weighted by Crippen LogP contribution is -2.36. The van der Waals surface area contributed by atoms with E-state index in [0.29, 0.717) is 12.1 Å². The van der Waals surface area contributed by atoms with Crippen LogP contribution in [0.1, 0.15) is 5.56 Å². The largest absolute Gasteiger partial charge is 0.416 e. The molecule has 0 fully saturated rings. The van der Waals surface area contributed by atoms with Crippen LogP contribution in [0, 0.1) is 0 Å². The van der Waals surface area contributed by atoms with Gasteiger partial charge in [0.1, 0.15) is 6.54 Å². The van der Waals surface area contributed by atoms with Gasteiger partial charge in [-0.25, -0.2) is 4.79 Å². The summed E-state index contributed by atoms with van der Waals surface area (Å²) >= 11 is 5.50. The monoisotopic (exact) mass is 320 g/mol. The molecule has 0 radical (unpaired) electrons. The van der Waals surface area contributed by atoms with E-state index in [1.165, 1.54) is 5.32 Å². The number of rotatable bonds is 2. The number of halogens is 7. The Hall–Kier alpha value is -1.64. The van der Waals surface area contributed by atoms with Crippen LogP contribution in [0.25, 0.3) is 0 Å². The molecule has 0 bridgehead atoms. The van der Waals surface area contributed by atoms with Crippen molar-refractivity contribution in [3.63, 3.8) is 0 Å². The van der Waals surface area contributed by atoms with Gasteiger partial charge < -0.3 is 10.6 Å². The van der Waals surface area contributed by atoms with Crippen LogP contribution in [0.3, 0.4) is 0 Å². The summed E-state index contributed by atoms with van der Waals surface area (Å²) in [6.45, 7) is -1.57. The summed E-state index contributed by atoms with van der Waals surface area (Å²) in [7, 11) is 0. The van der Waals surface area contributed by atoms with Gasteiger partial charge in [-0.1, -0.05) is 11.6 Å². The summed E-state index contributed by atoms with van der Waals surface area (Å²) < 4.78 is 72.5. The molecule has 112 valence electrons. The second kappa shape index (κ2) is 5.78. The Morgan fingerprint density at radius 1 is 1.15 bits per heavy atom. The lowest BCUT2D eigenvalue weighted by molar-refractivity contribution is -0.137. The lowest BCUT2D eigenvalue weighted by atomic mass is 10.2. The Balaban J connectivity index is 2.72. The lowest BCUT2D eigenvalue weighted by Gasteiger charge is -2.12. The zero-order chi connectivity index (χ0) is 15.6. The highest BCUT2D eigenvalue weighted by Crippen LogP contribution is 2.33. The normalized spacial score (nSPS) is 12.2. The number of benzene rings is 1. The molecule has 0 unspecified atom stereocenters. The summed E-state index contributed by atoms with van der Waals surface area (Å²) in [5.41, 5.74) is -1.27. The number of anilines is 1. The van der Waals surface area contributed by atoms with Crippen molar-refractivity contribution >= 4 is 23.3 Å².